The molecule has 0 spiro atoms. The van der Waals surface area contributed by atoms with E-state index in [9.17, 15) is 9.90 Å². The first-order chi connectivity index (χ1) is 9.65. The van der Waals surface area contributed by atoms with Crippen molar-refractivity contribution in [3.8, 4) is 5.75 Å². The number of carbonyl (C=O) groups is 1. The number of carbonyl (C=O) groups excluding carboxylic acids is 1. The number of hydrogen-bond acceptors (Lipinski definition) is 2. The molecular weight excluding hydrogens is 252 g/mol. The van der Waals surface area contributed by atoms with Crippen LogP contribution >= 0.6 is 0 Å². The third-order valence-electron chi connectivity index (χ3n) is 2.77. The molecule has 0 saturated carbocycles. The summed E-state index contributed by atoms with van der Waals surface area (Å²) in [5, 5.41) is 14.5. The maximum atomic E-state index is 11.6. The van der Waals surface area contributed by atoms with Crippen LogP contribution < -0.4 is 10.6 Å². The molecule has 0 radical (unpaired) electrons. The van der Waals surface area contributed by atoms with Gasteiger partial charge in [-0.05, 0) is 36.3 Å². The summed E-state index contributed by atoms with van der Waals surface area (Å²) in [5.41, 5.74) is 2.72. The molecule has 2 rings (SSSR count). The van der Waals surface area contributed by atoms with Crippen LogP contribution in [0.15, 0.2) is 54.7 Å². The zero-order valence-corrected chi connectivity index (χ0v) is 11.1. The van der Waals surface area contributed by atoms with Crippen molar-refractivity contribution in [2.45, 2.75) is 6.92 Å². The van der Waals surface area contributed by atoms with Gasteiger partial charge in [-0.3, -0.25) is 0 Å². The molecule has 2 aromatic carbocycles. The minimum absolute atomic E-state index is 0.109. The normalized spacial score (nSPS) is 10.4. The Hall–Kier alpha value is -2.75. The second kappa shape index (κ2) is 6.43. The molecule has 0 saturated heterocycles. The smallest absolute Gasteiger partial charge is 0.323 e. The van der Waals surface area contributed by atoms with E-state index in [1.165, 1.54) is 6.07 Å². The second-order valence-corrected chi connectivity index (χ2v) is 4.34. The van der Waals surface area contributed by atoms with Crippen LogP contribution in [0, 0.1) is 6.92 Å². The molecule has 3 N–H and O–H groups in total. The predicted octanol–water partition coefficient (Wildman–Crippen LogP) is 3.49. The maximum Gasteiger partial charge on any atom is 0.323 e. The van der Waals surface area contributed by atoms with Gasteiger partial charge in [-0.15, -0.1) is 0 Å². The van der Waals surface area contributed by atoms with E-state index in [-0.39, 0.29) is 11.8 Å². The van der Waals surface area contributed by atoms with Gasteiger partial charge in [0.25, 0.3) is 0 Å². The van der Waals surface area contributed by atoms with Crippen molar-refractivity contribution in [1.29, 1.82) is 0 Å². The summed E-state index contributed by atoms with van der Waals surface area (Å²) >= 11 is 0. The first-order valence-electron chi connectivity index (χ1n) is 6.24. The average molecular weight is 268 g/mol. The Morgan fingerprint density at radius 1 is 1.15 bits per heavy atom. The monoisotopic (exact) mass is 268 g/mol. The molecular formula is C16H16N2O2. The standard InChI is InChI=1S/C16H16N2O2/c1-12-5-2-3-6-13(12)9-10-17-16(20)18-14-7-4-8-15(19)11-14/h2-11,19H,1H3,(H2,17,18,20)/b10-9+. The van der Waals surface area contributed by atoms with Gasteiger partial charge in [0.1, 0.15) is 5.75 Å². The Morgan fingerprint density at radius 3 is 2.70 bits per heavy atom. The average Bonchev–Trinajstić information content (AvgIpc) is 2.41. The minimum Gasteiger partial charge on any atom is -0.508 e. The molecule has 0 aliphatic heterocycles. The highest BCUT2D eigenvalue weighted by molar-refractivity contribution is 5.90. The van der Waals surface area contributed by atoms with E-state index in [2.05, 4.69) is 10.6 Å². The van der Waals surface area contributed by atoms with Gasteiger partial charge in [0.2, 0.25) is 0 Å². The molecule has 0 aromatic heterocycles. The van der Waals surface area contributed by atoms with Crippen molar-refractivity contribution >= 4 is 17.8 Å². The zero-order chi connectivity index (χ0) is 14.4. The highest BCUT2D eigenvalue weighted by Crippen LogP contribution is 2.15. The Kier molecular flexibility index (Phi) is 4.39. The fraction of sp³-hybridized carbons (Fsp3) is 0.0625. The Labute approximate surface area is 117 Å². The van der Waals surface area contributed by atoms with Gasteiger partial charge < -0.3 is 15.7 Å². The van der Waals surface area contributed by atoms with Gasteiger partial charge in [0, 0.05) is 18.0 Å². The summed E-state index contributed by atoms with van der Waals surface area (Å²) in [4.78, 5) is 11.6. The second-order valence-electron chi connectivity index (χ2n) is 4.34. The zero-order valence-electron chi connectivity index (χ0n) is 11.1. The molecule has 0 aliphatic carbocycles. The quantitative estimate of drug-likeness (QED) is 0.798. The molecule has 0 unspecified atom stereocenters. The van der Waals surface area contributed by atoms with Crippen molar-refractivity contribution in [3.63, 3.8) is 0 Å². The van der Waals surface area contributed by atoms with E-state index < -0.39 is 0 Å². The van der Waals surface area contributed by atoms with Crippen LogP contribution in [0.1, 0.15) is 11.1 Å². The lowest BCUT2D eigenvalue weighted by molar-refractivity contribution is 0.255. The lowest BCUT2D eigenvalue weighted by Crippen LogP contribution is -2.23. The van der Waals surface area contributed by atoms with Gasteiger partial charge in [-0.2, -0.15) is 0 Å². The molecule has 4 nitrogen and oxygen atoms in total. The highest BCUT2D eigenvalue weighted by Gasteiger charge is 1.99. The molecule has 2 aromatic rings. The molecule has 0 aliphatic rings. The molecule has 0 atom stereocenters. The lowest BCUT2D eigenvalue weighted by atomic mass is 10.1. The fourth-order valence-corrected chi connectivity index (χ4v) is 1.73. The number of aryl methyl sites for hydroxylation is 1. The number of benzene rings is 2. The van der Waals surface area contributed by atoms with Crippen molar-refractivity contribution in [1.82, 2.24) is 5.32 Å². The van der Waals surface area contributed by atoms with Gasteiger partial charge in [0.05, 0.1) is 0 Å². The van der Waals surface area contributed by atoms with Crippen molar-refractivity contribution in [2.75, 3.05) is 5.32 Å². The third kappa shape index (κ3) is 3.88. The largest absolute Gasteiger partial charge is 0.508 e. The number of nitrogens with one attached hydrogen (secondary N) is 2. The third-order valence-corrected chi connectivity index (χ3v) is 2.77. The van der Waals surface area contributed by atoms with Crippen molar-refractivity contribution in [3.05, 3.63) is 65.9 Å². The highest BCUT2D eigenvalue weighted by atomic mass is 16.3. The number of phenolic OH excluding ortho intramolecular Hbond substituents is 1. The number of hydrogen-bond donors (Lipinski definition) is 3. The topological polar surface area (TPSA) is 61.4 Å². The summed E-state index contributed by atoms with van der Waals surface area (Å²) < 4.78 is 0. The molecule has 0 heterocycles. The summed E-state index contributed by atoms with van der Waals surface area (Å²) in [6.07, 6.45) is 3.41. The summed E-state index contributed by atoms with van der Waals surface area (Å²) in [6.45, 7) is 2.01. The maximum absolute atomic E-state index is 11.6. The Balaban J connectivity index is 1.91. The van der Waals surface area contributed by atoms with Crippen LogP contribution in [0.25, 0.3) is 6.08 Å². The fourth-order valence-electron chi connectivity index (χ4n) is 1.73. The summed E-state index contributed by atoms with van der Waals surface area (Å²) in [7, 11) is 0. The predicted molar refractivity (Wildman–Crippen MR) is 80.5 cm³/mol. The molecule has 20 heavy (non-hydrogen) atoms. The van der Waals surface area contributed by atoms with Gasteiger partial charge in [-0.1, -0.05) is 30.3 Å². The number of anilines is 1. The van der Waals surface area contributed by atoms with E-state index in [1.54, 1.807) is 24.4 Å². The van der Waals surface area contributed by atoms with E-state index in [0.29, 0.717) is 5.69 Å². The number of rotatable bonds is 3. The molecule has 4 heteroatoms. The van der Waals surface area contributed by atoms with Crippen LogP contribution in [-0.4, -0.2) is 11.1 Å². The van der Waals surface area contributed by atoms with E-state index in [4.69, 9.17) is 0 Å². The SMILES string of the molecule is Cc1ccccc1/C=C/NC(=O)Nc1cccc(O)c1. The Morgan fingerprint density at radius 2 is 1.95 bits per heavy atom. The molecule has 0 bridgehead atoms. The van der Waals surface area contributed by atoms with E-state index >= 15 is 0 Å². The first-order valence-corrected chi connectivity index (χ1v) is 6.24. The number of urea groups is 1. The molecule has 102 valence electrons. The van der Waals surface area contributed by atoms with Crippen LogP contribution in [0.4, 0.5) is 10.5 Å². The van der Waals surface area contributed by atoms with Crippen molar-refractivity contribution < 1.29 is 9.90 Å². The van der Waals surface area contributed by atoms with Crippen LogP contribution in [-0.2, 0) is 0 Å². The number of aromatic hydroxyl groups is 1. The molecule has 0 fully saturated rings. The minimum atomic E-state index is -0.361. The van der Waals surface area contributed by atoms with E-state index in [1.807, 2.05) is 37.3 Å². The lowest BCUT2D eigenvalue weighted by Gasteiger charge is -2.05. The van der Waals surface area contributed by atoms with Gasteiger partial charge in [0.15, 0.2) is 0 Å². The van der Waals surface area contributed by atoms with Gasteiger partial charge >= 0.3 is 6.03 Å². The Bertz CT molecular complexity index is 636. The van der Waals surface area contributed by atoms with Gasteiger partial charge in [-0.25, -0.2) is 4.79 Å². The number of amides is 2. The number of phenols is 1. The first kappa shape index (κ1) is 13.7. The summed E-state index contributed by atoms with van der Waals surface area (Å²) in [5.74, 6) is 0.109. The molecule has 2 amide bonds. The van der Waals surface area contributed by atoms with Crippen LogP contribution in [0.5, 0.6) is 5.75 Å². The van der Waals surface area contributed by atoms with E-state index in [0.717, 1.165) is 11.1 Å². The van der Waals surface area contributed by atoms with Crippen LogP contribution in [0.2, 0.25) is 0 Å². The summed E-state index contributed by atoms with van der Waals surface area (Å²) in [6, 6.07) is 13.9. The van der Waals surface area contributed by atoms with Crippen molar-refractivity contribution in [2.24, 2.45) is 0 Å². The van der Waals surface area contributed by atoms with Crippen LogP contribution in [0.3, 0.4) is 0 Å².